The normalized spacial score (nSPS) is 12.3. The van der Waals surface area contributed by atoms with Crippen LogP contribution in [0.25, 0.3) is 0 Å². The molecule has 0 radical (unpaired) electrons. The molecule has 1 atom stereocenters. The summed E-state index contributed by atoms with van der Waals surface area (Å²) >= 11 is 0. The van der Waals surface area contributed by atoms with Crippen LogP contribution in [0.2, 0.25) is 0 Å². The maximum Gasteiger partial charge on any atom is 0.147 e. The minimum Gasteiger partial charge on any atom is -0.352 e. The van der Waals surface area contributed by atoms with Crippen molar-refractivity contribution in [3.63, 3.8) is 0 Å². The highest BCUT2D eigenvalue weighted by atomic mass is 16.7. The lowest BCUT2D eigenvalue weighted by Crippen LogP contribution is -2.11. The van der Waals surface area contributed by atoms with Crippen LogP contribution in [0, 0.1) is 0 Å². The third-order valence-corrected chi connectivity index (χ3v) is 1.98. The van der Waals surface area contributed by atoms with Crippen LogP contribution in [-0.4, -0.2) is 19.2 Å². The summed E-state index contributed by atoms with van der Waals surface area (Å²) in [7, 11) is 0. The van der Waals surface area contributed by atoms with Gasteiger partial charge in [0.25, 0.3) is 0 Å². The van der Waals surface area contributed by atoms with Gasteiger partial charge in [-0.05, 0) is 12.5 Å². The van der Waals surface area contributed by atoms with Crippen LogP contribution in [0.5, 0.6) is 0 Å². The van der Waals surface area contributed by atoms with E-state index < -0.39 is 0 Å². The van der Waals surface area contributed by atoms with Gasteiger partial charge in [0.2, 0.25) is 0 Å². The van der Waals surface area contributed by atoms with E-state index in [4.69, 9.17) is 9.47 Å². The monoisotopic (exact) mass is 208 g/mol. The Morgan fingerprint density at radius 3 is 2.73 bits per heavy atom. The van der Waals surface area contributed by atoms with Crippen molar-refractivity contribution in [3.05, 3.63) is 35.9 Å². The molecule has 1 unspecified atom stereocenters. The highest BCUT2D eigenvalue weighted by molar-refractivity contribution is 5.49. The van der Waals surface area contributed by atoms with Crippen molar-refractivity contribution in [1.82, 2.24) is 0 Å². The van der Waals surface area contributed by atoms with Gasteiger partial charge in [-0.15, -0.1) is 0 Å². The molecule has 82 valence electrons. The molecule has 0 saturated carbocycles. The van der Waals surface area contributed by atoms with Crippen LogP contribution in [-0.2, 0) is 20.9 Å². The molecule has 0 bridgehead atoms. The molecule has 0 aliphatic carbocycles. The first kappa shape index (κ1) is 11.9. The Bertz CT molecular complexity index is 271. The summed E-state index contributed by atoms with van der Waals surface area (Å²) in [6, 6.07) is 9.89. The Hall–Kier alpha value is -1.19. The molecule has 1 aromatic carbocycles. The van der Waals surface area contributed by atoms with Crippen LogP contribution in [0.4, 0.5) is 0 Å². The second-order valence-electron chi connectivity index (χ2n) is 3.33. The number of benzene rings is 1. The standard InChI is InChI=1S/C12H16O3/c1-11(7-8-13)15-10-14-9-12-5-3-2-4-6-12/h2-6,8,11H,7,9-10H2,1H3. The summed E-state index contributed by atoms with van der Waals surface area (Å²) in [4.78, 5) is 10.1. The Balaban J connectivity index is 2.09. The van der Waals surface area contributed by atoms with Gasteiger partial charge >= 0.3 is 0 Å². The lowest BCUT2D eigenvalue weighted by molar-refractivity contribution is -0.116. The summed E-state index contributed by atoms with van der Waals surface area (Å²) in [5.41, 5.74) is 1.11. The molecule has 0 aliphatic rings. The Kier molecular flexibility index (Phi) is 5.66. The van der Waals surface area contributed by atoms with E-state index in [0.29, 0.717) is 13.0 Å². The van der Waals surface area contributed by atoms with Gasteiger partial charge in [0.1, 0.15) is 13.1 Å². The van der Waals surface area contributed by atoms with Crippen molar-refractivity contribution in [2.75, 3.05) is 6.79 Å². The van der Waals surface area contributed by atoms with E-state index in [0.717, 1.165) is 11.8 Å². The predicted octanol–water partition coefficient (Wildman–Crippen LogP) is 2.15. The fourth-order valence-electron chi connectivity index (χ4n) is 1.10. The molecule has 0 saturated heterocycles. The molecule has 0 amide bonds. The predicted molar refractivity (Wildman–Crippen MR) is 57.3 cm³/mol. The first-order valence-electron chi connectivity index (χ1n) is 5.00. The van der Waals surface area contributed by atoms with Gasteiger partial charge in [-0.3, -0.25) is 0 Å². The van der Waals surface area contributed by atoms with E-state index >= 15 is 0 Å². The molecule has 0 fully saturated rings. The van der Waals surface area contributed by atoms with E-state index in [1.54, 1.807) is 0 Å². The Morgan fingerprint density at radius 1 is 1.33 bits per heavy atom. The van der Waals surface area contributed by atoms with Gasteiger partial charge in [0.05, 0.1) is 12.7 Å². The van der Waals surface area contributed by atoms with Crippen molar-refractivity contribution >= 4 is 6.29 Å². The first-order valence-corrected chi connectivity index (χ1v) is 5.00. The maximum absolute atomic E-state index is 10.1. The second-order valence-corrected chi connectivity index (χ2v) is 3.33. The third kappa shape index (κ3) is 5.30. The van der Waals surface area contributed by atoms with Crippen molar-refractivity contribution in [2.45, 2.75) is 26.1 Å². The van der Waals surface area contributed by atoms with Crippen LogP contribution in [0.1, 0.15) is 18.9 Å². The van der Waals surface area contributed by atoms with Crippen LogP contribution in [0.3, 0.4) is 0 Å². The maximum atomic E-state index is 10.1. The van der Waals surface area contributed by atoms with E-state index in [1.165, 1.54) is 0 Å². The van der Waals surface area contributed by atoms with Crippen LogP contribution < -0.4 is 0 Å². The Morgan fingerprint density at radius 2 is 2.07 bits per heavy atom. The zero-order chi connectivity index (χ0) is 10.9. The fourth-order valence-corrected chi connectivity index (χ4v) is 1.10. The van der Waals surface area contributed by atoms with Crippen LogP contribution in [0.15, 0.2) is 30.3 Å². The average Bonchev–Trinajstić information content (AvgIpc) is 2.26. The zero-order valence-electron chi connectivity index (χ0n) is 8.89. The van der Waals surface area contributed by atoms with Gasteiger partial charge in [0.15, 0.2) is 0 Å². The SMILES string of the molecule is CC(CC=O)OCOCc1ccccc1. The van der Waals surface area contributed by atoms with E-state index in [1.807, 2.05) is 37.3 Å². The third-order valence-electron chi connectivity index (χ3n) is 1.98. The van der Waals surface area contributed by atoms with Crippen LogP contribution >= 0.6 is 0 Å². The average molecular weight is 208 g/mol. The lowest BCUT2D eigenvalue weighted by Gasteiger charge is -2.10. The number of ether oxygens (including phenoxy) is 2. The Labute approximate surface area is 90.0 Å². The minimum absolute atomic E-state index is 0.0710. The molecule has 0 spiro atoms. The summed E-state index contributed by atoms with van der Waals surface area (Å²) in [5.74, 6) is 0. The molecule has 15 heavy (non-hydrogen) atoms. The second kappa shape index (κ2) is 7.15. The van der Waals surface area contributed by atoms with E-state index in [-0.39, 0.29) is 12.9 Å². The van der Waals surface area contributed by atoms with E-state index in [2.05, 4.69) is 0 Å². The van der Waals surface area contributed by atoms with Gasteiger partial charge < -0.3 is 14.3 Å². The molecular formula is C12H16O3. The minimum atomic E-state index is -0.0710. The van der Waals surface area contributed by atoms with Crippen molar-refractivity contribution in [1.29, 1.82) is 0 Å². The van der Waals surface area contributed by atoms with Crippen molar-refractivity contribution in [3.8, 4) is 0 Å². The van der Waals surface area contributed by atoms with Gasteiger partial charge in [-0.1, -0.05) is 30.3 Å². The van der Waals surface area contributed by atoms with E-state index in [9.17, 15) is 4.79 Å². The quantitative estimate of drug-likeness (QED) is 0.391. The molecule has 1 rings (SSSR count). The molecule has 1 aromatic rings. The number of aldehydes is 1. The number of hydrogen-bond donors (Lipinski definition) is 0. The van der Waals surface area contributed by atoms with Gasteiger partial charge in [-0.25, -0.2) is 0 Å². The molecule has 3 heteroatoms. The number of carbonyl (C=O) groups is 1. The van der Waals surface area contributed by atoms with Crippen molar-refractivity contribution in [2.24, 2.45) is 0 Å². The molecule has 0 heterocycles. The number of carbonyl (C=O) groups excluding carboxylic acids is 1. The lowest BCUT2D eigenvalue weighted by atomic mass is 10.2. The highest BCUT2D eigenvalue weighted by Crippen LogP contribution is 2.01. The number of rotatable bonds is 7. The molecule has 0 N–H and O–H groups in total. The molecule has 0 aliphatic heterocycles. The fraction of sp³-hybridized carbons (Fsp3) is 0.417. The molecule has 3 nitrogen and oxygen atoms in total. The molecular weight excluding hydrogens is 192 g/mol. The largest absolute Gasteiger partial charge is 0.352 e. The first-order chi connectivity index (χ1) is 7.33. The van der Waals surface area contributed by atoms with Crippen molar-refractivity contribution < 1.29 is 14.3 Å². The smallest absolute Gasteiger partial charge is 0.147 e. The molecule has 0 aromatic heterocycles. The summed E-state index contributed by atoms with van der Waals surface area (Å²) in [5, 5.41) is 0. The van der Waals surface area contributed by atoms with Gasteiger partial charge in [-0.2, -0.15) is 0 Å². The summed E-state index contributed by atoms with van der Waals surface area (Å²) < 4.78 is 10.5. The topological polar surface area (TPSA) is 35.5 Å². The number of hydrogen-bond acceptors (Lipinski definition) is 3. The summed E-state index contributed by atoms with van der Waals surface area (Å²) in [6.07, 6.45) is 1.19. The summed E-state index contributed by atoms with van der Waals surface area (Å²) in [6.45, 7) is 2.61. The zero-order valence-corrected chi connectivity index (χ0v) is 8.89. The highest BCUT2D eigenvalue weighted by Gasteiger charge is 2.00. The van der Waals surface area contributed by atoms with Gasteiger partial charge in [0, 0.05) is 6.42 Å².